The Hall–Kier alpha value is -4.06. The van der Waals surface area contributed by atoms with Crippen LogP contribution in [0.4, 0.5) is 5.69 Å². The maximum atomic E-state index is 12.9. The van der Waals surface area contributed by atoms with Gasteiger partial charge < -0.3 is 20.4 Å². The molecule has 4 rings (SSSR count). The third kappa shape index (κ3) is 4.03. The standard InChI is InChI=1S/C24H22N4O2/c1-3-4-5-6-15(2)14-30-19-7-8-20-16(10-19)11-21(27-20)23(29)22-12-17-9-18(25)13-26-24(17)28-22/h3-13,27H,2,14,25H2,1H3,(H,26,28)/b4-3-,6-5-. The van der Waals surface area contributed by atoms with Crippen molar-refractivity contribution < 1.29 is 9.53 Å². The molecule has 6 heteroatoms. The Morgan fingerprint density at radius 3 is 2.77 bits per heavy atom. The predicted octanol–water partition coefficient (Wildman–Crippen LogP) is 4.92. The highest BCUT2D eigenvalue weighted by atomic mass is 16.5. The van der Waals surface area contributed by atoms with Crippen molar-refractivity contribution in [2.75, 3.05) is 12.3 Å². The second kappa shape index (κ2) is 8.13. The Bertz CT molecular complexity index is 1310. The van der Waals surface area contributed by atoms with Crippen LogP contribution in [0.5, 0.6) is 5.75 Å². The number of H-pyrrole nitrogens is 2. The molecule has 0 saturated carbocycles. The molecule has 0 radical (unpaired) electrons. The minimum Gasteiger partial charge on any atom is -0.489 e. The van der Waals surface area contributed by atoms with Crippen LogP contribution in [0.15, 0.2) is 79.1 Å². The number of benzene rings is 1. The third-order valence-electron chi connectivity index (χ3n) is 4.63. The number of anilines is 1. The van der Waals surface area contributed by atoms with E-state index in [1.54, 1.807) is 18.3 Å². The number of nitrogens with two attached hydrogens (primary N) is 1. The number of ketones is 1. The van der Waals surface area contributed by atoms with Crippen molar-refractivity contribution >= 4 is 33.4 Å². The number of allylic oxidation sites excluding steroid dienone is 3. The molecule has 0 aliphatic heterocycles. The summed E-state index contributed by atoms with van der Waals surface area (Å²) in [5, 5.41) is 1.69. The van der Waals surface area contributed by atoms with E-state index in [4.69, 9.17) is 10.5 Å². The lowest BCUT2D eigenvalue weighted by atomic mass is 10.2. The molecule has 30 heavy (non-hydrogen) atoms. The molecular weight excluding hydrogens is 376 g/mol. The number of carbonyl (C=O) groups is 1. The SMILES string of the molecule is C=C(/C=C\C=C/C)COc1ccc2[nH]c(C(=O)c3cc4cc(N)cnc4[nH]3)cc2c1. The van der Waals surface area contributed by atoms with Crippen LogP contribution >= 0.6 is 0 Å². The van der Waals surface area contributed by atoms with Gasteiger partial charge in [-0.1, -0.05) is 30.9 Å². The minimum atomic E-state index is -0.146. The summed E-state index contributed by atoms with van der Waals surface area (Å²) in [4.78, 5) is 23.4. The van der Waals surface area contributed by atoms with E-state index in [0.717, 1.165) is 21.9 Å². The van der Waals surface area contributed by atoms with E-state index in [9.17, 15) is 4.79 Å². The predicted molar refractivity (Wildman–Crippen MR) is 121 cm³/mol. The number of nitrogens with zero attached hydrogens (tertiary/aromatic N) is 1. The van der Waals surface area contributed by atoms with Crippen molar-refractivity contribution in [1.29, 1.82) is 0 Å². The first kappa shape index (κ1) is 19.3. The Morgan fingerprint density at radius 2 is 1.93 bits per heavy atom. The molecule has 0 amide bonds. The number of nitrogen functional groups attached to an aromatic ring is 1. The molecule has 0 fully saturated rings. The molecule has 1 aromatic carbocycles. The van der Waals surface area contributed by atoms with E-state index in [0.29, 0.717) is 35.1 Å². The van der Waals surface area contributed by atoms with Crippen LogP contribution in [-0.4, -0.2) is 27.3 Å². The molecule has 6 nitrogen and oxygen atoms in total. The molecule has 0 aliphatic rings. The summed E-state index contributed by atoms with van der Waals surface area (Å²) in [7, 11) is 0. The number of aromatic nitrogens is 3. The Labute approximate surface area is 173 Å². The van der Waals surface area contributed by atoms with Gasteiger partial charge in [-0.3, -0.25) is 4.79 Å². The molecule has 0 saturated heterocycles. The fraction of sp³-hybridized carbons (Fsp3) is 0.0833. The number of carbonyl (C=O) groups excluding carboxylic acids is 1. The van der Waals surface area contributed by atoms with Gasteiger partial charge in [0.05, 0.1) is 23.3 Å². The number of hydrogen-bond donors (Lipinski definition) is 3. The van der Waals surface area contributed by atoms with E-state index >= 15 is 0 Å². The highest BCUT2D eigenvalue weighted by Gasteiger charge is 2.15. The summed E-state index contributed by atoms with van der Waals surface area (Å²) in [6.07, 6.45) is 9.28. The van der Waals surface area contributed by atoms with Gasteiger partial charge in [0.2, 0.25) is 5.78 Å². The van der Waals surface area contributed by atoms with Crippen molar-refractivity contribution in [3.05, 3.63) is 90.4 Å². The molecule has 150 valence electrons. The smallest absolute Gasteiger partial charge is 0.225 e. The summed E-state index contributed by atoms with van der Waals surface area (Å²) >= 11 is 0. The molecule has 0 atom stereocenters. The summed E-state index contributed by atoms with van der Waals surface area (Å²) in [6.45, 7) is 6.32. The van der Waals surface area contributed by atoms with Crippen LogP contribution < -0.4 is 10.5 Å². The molecule has 0 unspecified atom stereocenters. The largest absolute Gasteiger partial charge is 0.489 e. The van der Waals surface area contributed by atoms with E-state index in [2.05, 4.69) is 21.5 Å². The summed E-state index contributed by atoms with van der Waals surface area (Å²) in [6, 6.07) is 11.0. The maximum Gasteiger partial charge on any atom is 0.225 e. The average molecular weight is 398 g/mol. The number of nitrogens with one attached hydrogen (secondary N) is 2. The van der Waals surface area contributed by atoms with Gasteiger partial charge in [0.1, 0.15) is 18.0 Å². The van der Waals surface area contributed by atoms with Gasteiger partial charge >= 0.3 is 0 Å². The van der Waals surface area contributed by atoms with Crippen molar-refractivity contribution in [3.63, 3.8) is 0 Å². The number of fused-ring (bicyclic) bond motifs is 2. The lowest BCUT2D eigenvalue weighted by Gasteiger charge is -2.05. The molecular formula is C24H22N4O2. The van der Waals surface area contributed by atoms with Crippen molar-refractivity contribution in [1.82, 2.24) is 15.0 Å². The number of aromatic amines is 2. The molecule has 0 bridgehead atoms. The second-order valence-corrected chi connectivity index (χ2v) is 6.98. The first-order valence-corrected chi connectivity index (χ1v) is 9.55. The highest BCUT2D eigenvalue weighted by molar-refractivity contribution is 6.11. The first-order valence-electron chi connectivity index (χ1n) is 9.55. The summed E-state index contributed by atoms with van der Waals surface area (Å²) < 4.78 is 5.81. The van der Waals surface area contributed by atoms with Crippen LogP contribution in [0.25, 0.3) is 21.9 Å². The molecule has 4 aromatic rings. The maximum absolute atomic E-state index is 12.9. The van der Waals surface area contributed by atoms with Gasteiger partial charge in [0, 0.05) is 16.3 Å². The fourth-order valence-electron chi connectivity index (χ4n) is 3.15. The van der Waals surface area contributed by atoms with E-state index in [1.807, 2.05) is 55.5 Å². The highest BCUT2D eigenvalue weighted by Crippen LogP contribution is 2.24. The van der Waals surface area contributed by atoms with Gasteiger partial charge in [-0.05, 0) is 48.9 Å². The Morgan fingerprint density at radius 1 is 1.13 bits per heavy atom. The van der Waals surface area contributed by atoms with Crippen molar-refractivity contribution in [2.24, 2.45) is 0 Å². The Kier molecular flexibility index (Phi) is 5.22. The number of pyridine rings is 1. The van der Waals surface area contributed by atoms with E-state index in [1.165, 1.54) is 0 Å². The quantitative estimate of drug-likeness (QED) is 0.304. The van der Waals surface area contributed by atoms with Crippen LogP contribution in [0.3, 0.4) is 0 Å². The van der Waals surface area contributed by atoms with E-state index < -0.39 is 0 Å². The lowest BCUT2D eigenvalue weighted by Crippen LogP contribution is -2.01. The molecule has 4 N–H and O–H groups in total. The van der Waals surface area contributed by atoms with Gasteiger partial charge in [0.15, 0.2) is 0 Å². The number of ether oxygens (including phenoxy) is 1. The molecule has 0 spiro atoms. The minimum absolute atomic E-state index is 0.146. The lowest BCUT2D eigenvalue weighted by molar-refractivity contribution is 0.103. The number of hydrogen-bond acceptors (Lipinski definition) is 4. The van der Waals surface area contributed by atoms with Crippen LogP contribution in [0.1, 0.15) is 23.1 Å². The zero-order valence-electron chi connectivity index (χ0n) is 16.6. The molecule has 3 aromatic heterocycles. The fourth-order valence-corrected chi connectivity index (χ4v) is 3.15. The summed E-state index contributed by atoms with van der Waals surface area (Å²) in [5.74, 6) is 0.569. The second-order valence-electron chi connectivity index (χ2n) is 6.98. The monoisotopic (exact) mass is 398 g/mol. The van der Waals surface area contributed by atoms with Crippen molar-refractivity contribution in [2.45, 2.75) is 6.92 Å². The zero-order valence-corrected chi connectivity index (χ0v) is 16.6. The van der Waals surface area contributed by atoms with Crippen LogP contribution in [-0.2, 0) is 0 Å². The molecule has 0 aliphatic carbocycles. The zero-order chi connectivity index (χ0) is 21.1. The molecule has 3 heterocycles. The third-order valence-corrected chi connectivity index (χ3v) is 4.63. The number of rotatable bonds is 7. The van der Waals surface area contributed by atoms with E-state index in [-0.39, 0.29) is 5.78 Å². The van der Waals surface area contributed by atoms with Gasteiger partial charge in [-0.2, -0.15) is 0 Å². The first-order chi connectivity index (χ1) is 14.5. The van der Waals surface area contributed by atoms with Gasteiger partial charge in [-0.25, -0.2) is 4.98 Å². The van der Waals surface area contributed by atoms with Crippen molar-refractivity contribution in [3.8, 4) is 5.75 Å². The van der Waals surface area contributed by atoms with Crippen LogP contribution in [0.2, 0.25) is 0 Å². The topological polar surface area (TPSA) is 96.8 Å². The summed E-state index contributed by atoms with van der Waals surface area (Å²) in [5.41, 5.74) is 9.61. The Balaban J connectivity index is 1.52. The van der Waals surface area contributed by atoms with Crippen LogP contribution in [0, 0.1) is 0 Å². The average Bonchev–Trinajstić information content (AvgIpc) is 3.35. The van der Waals surface area contributed by atoms with Gasteiger partial charge in [-0.15, -0.1) is 0 Å². The van der Waals surface area contributed by atoms with Gasteiger partial charge in [0.25, 0.3) is 0 Å². The normalized spacial score (nSPS) is 11.8.